The van der Waals surface area contributed by atoms with Crippen LogP contribution in [0.1, 0.15) is 41.0 Å². The largest absolute Gasteiger partial charge is 0.482 e. The van der Waals surface area contributed by atoms with Gasteiger partial charge in [0.1, 0.15) is 5.75 Å². The zero-order chi connectivity index (χ0) is 15.4. The van der Waals surface area contributed by atoms with Gasteiger partial charge in [-0.2, -0.15) is 0 Å². The van der Waals surface area contributed by atoms with Crippen LogP contribution in [0.3, 0.4) is 0 Å². The first-order valence-corrected chi connectivity index (χ1v) is 6.87. The third-order valence-corrected chi connectivity index (χ3v) is 2.73. The van der Waals surface area contributed by atoms with Gasteiger partial charge in [0, 0.05) is 5.54 Å². The number of nitrogen functional groups attached to an aromatic ring is 1. The van der Waals surface area contributed by atoms with Crippen molar-refractivity contribution < 1.29 is 9.53 Å². The molecule has 0 bridgehead atoms. The Balaban J connectivity index is 2.50. The van der Waals surface area contributed by atoms with Crippen LogP contribution in [0, 0.1) is 5.41 Å². The summed E-state index contributed by atoms with van der Waals surface area (Å²) in [5.41, 5.74) is 6.19. The van der Waals surface area contributed by atoms with Gasteiger partial charge in [-0.15, -0.1) is 0 Å². The Kier molecular flexibility index (Phi) is 5.03. The number of hydrogen-bond acceptors (Lipinski definition) is 3. The quantitative estimate of drug-likeness (QED) is 0.814. The number of anilines is 1. The molecule has 1 amide bonds. The minimum atomic E-state index is -0.263. The highest BCUT2D eigenvalue weighted by molar-refractivity contribution is 5.78. The number of carbonyl (C=O) groups excluding carboxylic acids is 1. The molecule has 112 valence electrons. The molecule has 0 aliphatic carbocycles. The number of para-hydroxylation sites is 2. The summed E-state index contributed by atoms with van der Waals surface area (Å²) in [7, 11) is 0. The number of hydrogen-bond donors (Lipinski definition) is 2. The lowest BCUT2D eigenvalue weighted by molar-refractivity contribution is -0.125. The summed E-state index contributed by atoms with van der Waals surface area (Å²) in [4.78, 5) is 12.0. The smallest absolute Gasteiger partial charge is 0.258 e. The predicted molar refractivity (Wildman–Crippen MR) is 82.6 cm³/mol. The van der Waals surface area contributed by atoms with Gasteiger partial charge < -0.3 is 15.8 Å². The van der Waals surface area contributed by atoms with Gasteiger partial charge in [-0.1, -0.05) is 32.9 Å². The Morgan fingerprint density at radius 2 is 1.80 bits per heavy atom. The molecule has 3 N–H and O–H groups in total. The molecular formula is C16H26N2O2. The Hall–Kier alpha value is -1.71. The van der Waals surface area contributed by atoms with Gasteiger partial charge in [0.05, 0.1) is 5.69 Å². The third-order valence-electron chi connectivity index (χ3n) is 2.73. The number of benzene rings is 1. The highest BCUT2D eigenvalue weighted by Gasteiger charge is 2.27. The lowest BCUT2D eigenvalue weighted by atomic mass is 9.82. The lowest BCUT2D eigenvalue weighted by Gasteiger charge is -2.33. The SMILES string of the molecule is CC(C)(C)CC(C)(C)NC(=O)COc1ccccc1N. The van der Waals surface area contributed by atoms with Crippen LogP contribution in [-0.4, -0.2) is 18.1 Å². The van der Waals surface area contributed by atoms with Gasteiger partial charge in [0.25, 0.3) is 5.91 Å². The first-order chi connectivity index (χ1) is 9.09. The molecule has 0 saturated carbocycles. The number of amides is 1. The van der Waals surface area contributed by atoms with Crippen molar-refractivity contribution in [3.05, 3.63) is 24.3 Å². The number of nitrogens with one attached hydrogen (secondary N) is 1. The molecule has 4 nitrogen and oxygen atoms in total. The highest BCUT2D eigenvalue weighted by atomic mass is 16.5. The number of nitrogens with two attached hydrogens (primary N) is 1. The van der Waals surface area contributed by atoms with Crippen molar-refractivity contribution in [3.63, 3.8) is 0 Å². The summed E-state index contributed by atoms with van der Waals surface area (Å²) >= 11 is 0. The standard InChI is InChI=1S/C16H26N2O2/c1-15(2,3)11-16(4,5)18-14(19)10-20-13-9-7-6-8-12(13)17/h6-9H,10-11,17H2,1-5H3,(H,18,19). The van der Waals surface area contributed by atoms with E-state index in [4.69, 9.17) is 10.5 Å². The molecular weight excluding hydrogens is 252 g/mol. The van der Waals surface area contributed by atoms with Crippen LogP contribution in [-0.2, 0) is 4.79 Å². The Labute approximate surface area is 121 Å². The fourth-order valence-electron chi connectivity index (χ4n) is 2.54. The van der Waals surface area contributed by atoms with E-state index in [1.807, 2.05) is 26.0 Å². The molecule has 0 atom stereocenters. The molecule has 0 aromatic heterocycles. The van der Waals surface area contributed by atoms with E-state index in [1.165, 1.54) is 0 Å². The van der Waals surface area contributed by atoms with Crippen molar-refractivity contribution in [2.24, 2.45) is 5.41 Å². The number of rotatable bonds is 5. The summed E-state index contributed by atoms with van der Waals surface area (Å²) < 4.78 is 5.44. The zero-order valence-electron chi connectivity index (χ0n) is 13.1. The monoisotopic (exact) mass is 278 g/mol. The van der Waals surface area contributed by atoms with Gasteiger partial charge in [0.2, 0.25) is 0 Å². The average Bonchev–Trinajstić information content (AvgIpc) is 2.23. The third kappa shape index (κ3) is 5.95. The van der Waals surface area contributed by atoms with Crippen LogP contribution < -0.4 is 15.8 Å². The summed E-state index contributed by atoms with van der Waals surface area (Å²) in [6.45, 7) is 10.5. The second-order valence-corrected chi connectivity index (χ2v) is 7.00. The van der Waals surface area contributed by atoms with E-state index in [0.717, 1.165) is 6.42 Å². The predicted octanol–water partition coefficient (Wildman–Crippen LogP) is 2.98. The molecule has 1 aromatic carbocycles. The molecule has 0 unspecified atom stereocenters. The molecule has 4 heteroatoms. The van der Waals surface area contributed by atoms with Crippen LogP contribution in [0.4, 0.5) is 5.69 Å². The summed E-state index contributed by atoms with van der Waals surface area (Å²) in [6, 6.07) is 7.15. The molecule has 1 rings (SSSR count). The maximum atomic E-state index is 12.0. The van der Waals surface area contributed by atoms with E-state index in [9.17, 15) is 4.79 Å². The molecule has 0 heterocycles. The summed E-state index contributed by atoms with van der Waals surface area (Å²) in [5.74, 6) is 0.402. The minimum absolute atomic E-state index is 0.0260. The van der Waals surface area contributed by atoms with E-state index in [-0.39, 0.29) is 23.5 Å². The van der Waals surface area contributed by atoms with Crippen molar-refractivity contribution in [3.8, 4) is 5.75 Å². The molecule has 0 aliphatic rings. The lowest BCUT2D eigenvalue weighted by Crippen LogP contribution is -2.47. The molecule has 1 aromatic rings. The molecule has 0 aliphatic heterocycles. The van der Waals surface area contributed by atoms with Gasteiger partial charge in [0.15, 0.2) is 6.61 Å². The van der Waals surface area contributed by atoms with Gasteiger partial charge in [-0.05, 0) is 37.8 Å². The number of ether oxygens (including phenoxy) is 1. The molecule has 0 spiro atoms. The minimum Gasteiger partial charge on any atom is -0.482 e. The summed E-state index contributed by atoms with van der Waals surface area (Å²) in [5, 5.41) is 3.00. The van der Waals surface area contributed by atoms with Crippen LogP contribution in [0.15, 0.2) is 24.3 Å². The van der Waals surface area contributed by atoms with E-state index >= 15 is 0 Å². The van der Waals surface area contributed by atoms with E-state index < -0.39 is 0 Å². The molecule has 0 fully saturated rings. The van der Waals surface area contributed by atoms with Crippen molar-refractivity contribution in [1.29, 1.82) is 0 Å². The topological polar surface area (TPSA) is 64.3 Å². The van der Waals surface area contributed by atoms with Crippen molar-refractivity contribution >= 4 is 11.6 Å². The van der Waals surface area contributed by atoms with Gasteiger partial charge in [-0.3, -0.25) is 4.79 Å². The van der Waals surface area contributed by atoms with Crippen LogP contribution in [0.2, 0.25) is 0 Å². The zero-order valence-corrected chi connectivity index (χ0v) is 13.1. The molecule has 0 radical (unpaired) electrons. The summed E-state index contributed by atoms with van der Waals surface area (Å²) in [6.07, 6.45) is 0.888. The fraction of sp³-hybridized carbons (Fsp3) is 0.562. The first kappa shape index (κ1) is 16.3. The van der Waals surface area contributed by atoms with Gasteiger partial charge in [-0.25, -0.2) is 0 Å². The van der Waals surface area contributed by atoms with Crippen LogP contribution in [0.5, 0.6) is 5.75 Å². The van der Waals surface area contributed by atoms with Crippen molar-refractivity contribution in [2.75, 3.05) is 12.3 Å². The van der Waals surface area contributed by atoms with E-state index in [1.54, 1.807) is 12.1 Å². The number of carbonyl (C=O) groups is 1. The van der Waals surface area contributed by atoms with Crippen LogP contribution in [0.25, 0.3) is 0 Å². The Morgan fingerprint density at radius 3 is 2.35 bits per heavy atom. The van der Waals surface area contributed by atoms with E-state index in [2.05, 4.69) is 26.1 Å². The molecule has 20 heavy (non-hydrogen) atoms. The normalized spacial score (nSPS) is 12.1. The average molecular weight is 278 g/mol. The van der Waals surface area contributed by atoms with Gasteiger partial charge >= 0.3 is 0 Å². The van der Waals surface area contributed by atoms with Crippen molar-refractivity contribution in [1.82, 2.24) is 5.32 Å². The molecule has 0 saturated heterocycles. The first-order valence-electron chi connectivity index (χ1n) is 6.87. The second-order valence-electron chi connectivity index (χ2n) is 7.00. The fourth-order valence-corrected chi connectivity index (χ4v) is 2.54. The maximum absolute atomic E-state index is 12.0. The Morgan fingerprint density at radius 1 is 1.20 bits per heavy atom. The van der Waals surface area contributed by atoms with Crippen LogP contribution >= 0.6 is 0 Å². The Bertz CT molecular complexity index is 462. The highest BCUT2D eigenvalue weighted by Crippen LogP contribution is 2.26. The van der Waals surface area contributed by atoms with Crippen molar-refractivity contribution in [2.45, 2.75) is 46.6 Å². The maximum Gasteiger partial charge on any atom is 0.258 e. The van der Waals surface area contributed by atoms with E-state index in [0.29, 0.717) is 11.4 Å². The second kappa shape index (κ2) is 6.16.